The van der Waals surface area contributed by atoms with Gasteiger partial charge >= 0.3 is 0 Å². The van der Waals surface area contributed by atoms with Crippen molar-refractivity contribution in [2.24, 2.45) is 0 Å². The van der Waals surface area contributed by atoms with E-state index in [0.717, 1.165) is 0 Å². The van der Waals surface area contributed by atoms with Gasteiger partial charge in [0, 0.05) is 10.5 Å². The van der Waals surface area contributed by atoms with Gasteiger partial charge in [-0.05, 0) is 30.3 Å². The third-order valence-corrected chi connectivity index (χ3v) is 3.73. The molecule has 0 fully saturated rings. The third-order valence-electron chi connectivity index (χ3n) is 2.61. The number of thioether (sulfide) groups is 1. The van der Waals surface area contributed by atoms with Gasteiger partial charge in [0.25, 0.3) is 11.7 Å². The van der Waals surface area contributed by atoms with E-state index in [9.17, 15) is 13.6 Å². The summed E-state index contributed by atoms with van der Waals surface area (Å²) in [6, 6.07) is 10.8. The topological polar surface area (TPSA) is 55.1 Å². The predicted octanol–water partition coefficient (Wildman–Crippen LogP) is 4.49. The smallest absolute Gasteiger partial charge is 0.288 e. The van der Waals surface area contributed by atoms with E-state index in [2.05, 4.69) is 5.32 Å². The van der Waals surface area contributed by atoms with Crippen molar-refractivity contribution in [3.8, 4) is 0 Å². The predicted molar refractivity (Wildman–Crippen MR) is 82.1 cm³/mol. The molecule has 0 aliphatic heterocycles. The fourth-order valence-corrected chi connectivity index (χ4v) is 2.41. The van der Waals surface area contributed by atoms with Gasteiger partial charge in [0.05, 0.1) is 16.4 Å². The number of nitrogen functional groups attached to an aromatic ring is 1. The van der Waals surface area contributed by atoms with Crippen LogP contribution in [0, 0.1) is 0 Å². The monoisotopic (exact) mass is 328 g/mol. The van der Waals surface area contributed by atoms with E-state index >= 15 is 0 Å². The number of carbonyl (C=O) groups is 1. The van der Waals surface area contributed by atoms with Gasteiger partial charge in [0.15, 0.2) is 0 Å². The summed E-state index contributed by atoms with van der Waals surface area (Å²) in [5, 5.41) is 2.85. The standard InChI is InChI=1S/C14H11ClF2N2OS/c15-9-7-8(5-6-10(9)18)13(20)19-11-3-1-2-4-12(11)21-14(16)17/h1-7,14H,18H2,(H,19,20). The Kier molecular flexibility index (Phi) is 5.03. The Morgan fingerprint density at radius 1 is 1.24 bits per heavy atom. The maximum atomic E-state index is 12.5. The Balaban J connectivity index is 2.21. The number of amides is 1. The second-order valence-electron chi connectivity index (χ2n) is 4.07. The molecule has 0 heterocycles. The summed E-state index contributed by atoms with van der Waals surface area (Å²) in [7, 11) is 0. The maximum Gasteiger partial charge on any atom is 0.288 e. The second-order valence-corrected chi connectivity index (χ2v) is 5.50. The Bertz CT molecular complexity index is 667. The minimum atomic E-state index is -2.56. The highest BCUT2D eigenvalue weighted by atomic mass is 35.5. The first-order valence-corrected chi connectivity index (χ1v) is 7.13. The molecule has 21 heavy (non-hydrogen) atoms. The van der Waals surface area contributed by atoms with E-state index in [0.29, 0.717) is 33.6 Å². The molecule has 2 aromatic rings. The fourth-order valence-electron chi connectivity index (χ4n) is 1.63. The van der Waals surface area contributed by atoms with Gasteiger partial charge in [-0.2, -0.15) is 8.78 Å². The number of hydrogen-bond donors (Lipinski definition) is 2. The summed E-state index contributed by atoms with van der Waals surface area (Å²) in [6.45, 7) is 0. The van der Waals surface area contributed by atoms with Gasteiger partial charge in [-0.3, -0.25) is 4.79 Å². The summed E-state index contributed by atoms with van der Waals surface area (Å²) < 4.78 is 25.0. The van der Waals surface area contributed by atoms with Crippen molar-refractivity contribution in [2.45, 2.75) is 10.7 Å². The largest absolute Gasteiger partial charge is 0.398 e. The maximum absolute atomic E-state index is 12.5. The van der Waals surface area contributed by atoms with E-state index in [1.807, 2.05) is 0 Å². The number of anilines is 2. The lowest BCUT2D eigenvalue weighted by molar-refractivity contribution is 0.102. The Labute approximate surface area is 129 Å². The molecule has 0 atom stereocenters. The van der Waals surface area contributed by atoms with Gasteiger partial charge < -0.3 is 11.1 Å². The molecular weight excluding hydrogens is 318 g/mol. The molecule has 3 N–H and O–H groups in total. The summed E-state index contributed by atoms with van der Waals surface area (Å²) in [6.07, 6.45) is 0. The molecule has 3 nitrogen and oxygen atoms in total. The van der Waals surface area contributed by atoms with E-state index < -0.39 is 11.7 Å². The van der Waals surface area contributed by atoms with Crippen LogP contribution in [-0.2, 0) is 0 Å². The molecule has 0 saturated carbocycles. The van der Waals surface area contributed by atoms with Crippen LogP contribution in [0.1, 0.15) is 10.4 Å². The Hall–Kier alpha value is -1.79. The quantitative estimate of drug-likeness (QED) is 0.642. The van der Waals surface area contributed by atoms with Crippen molar-refractivity contribution in [1.29, 1.82) is 0 Å². The average Bonchev–Trinajstić information content (AvgIpc) is 2.43. The number of halogens is 3. The molecule has 7 heteroatoms. The van der Waals surface area contributed by atoms with Crippen molar-refractivity contribution in [3.63, 3.8) is 0 Å². The van der Waals surface area contributed by atoms with Gasteiger partial charge in [0.2, 0.25) is 0 Å². The van der Waals surface area contributed by atoms with E-state index in [-0.39, 0.29) is 5.02 Å². The molecule has 1 amide bonds. The minimum Gasteiger partial charge on any atom is -0.398 e. The lowest BCUT2D eigenvalue weighted by atomic mass is 10.2. The molecule has 2 aromatic carbocycles. The summed E-state index contributed by atoms with van der Waals surface area (Å²) in [5.74, 6) is -3.01. The fraction of sp³-hybridized carbons (Fsp3) is 0.0714. The molecule has 0 radical (unpaired) electrons. The Morgan fingerprint density at radius 3 is 2.62 bits per heavy atom. The number of para-hydroxylation sites is 1. The van der Waals surface area contributed by atoms with Crippen molar-refractivity contribution in [1.82, 2.24) is 0 Å². The molecule has 0 bridgehead atoms. The Morgan fingerprint density at radius 2 is 1.95 bits per heavy atom. The lowest BCUT2D eigenvalue weighted by Crippen LogP contribution is -2.12. The number of hydrogen-bond acceptors (Lipinski definition) is 3. The molecule has 0 aliphatic rings. The highest BCUT2D eigenvalue weighted by molar-refractivity contribution is 7.99. The highest BCUT2D eigenvalue weighted by Gasteiger charge is 2.13. The van der Waals surface area contributed by atoms with Gasteiger partial charge in [-0.25, -0.2) is 0 Å². The molecule has 0 spiro atoms. The molecule has 2 rings (SSSR count). The number of nitrogens with one attached hydrogen (secondary N) is 1. The van der Waals surface area contributed by atoms with Crippen LogP contribution in [0.25, 0.3) is 0 Å². The van der Waals surface area contributed by atoms with Crippen LogP contribution >= 0.6 is 23.4 Å². The summed E-state index contributed by atoms with van der Waals surface area (Å²) in [5.41, 5.74) is 6.55. The molecule has 0 aliphatic carbocycles. The third kappa shape index (κ3) is 4.09. The lowest BCUT2D eigenvalue weighted by Gasteiger charge is -2.10. The SMILES string of the molecule is Nc1ccc(C(=O)Nc2ccccc2SC(F)F)cc1Cl. The van der Waals surface area contributed by atoms with Crippen molar-refractivity contribution >= 4 is 40.6 Å². The minimum absolute atomic E-state index is 0.262. The van der Waals surface area contributed by atoms with Crippen LogP contribution in [0.2, 0.25) is 5.02 Å². The van der Waals surface area contributed by atoms with Crippen LogP contribution in [0.3, 0.4) is 0 Å². The second kappa shape index (κ2) is 6.78. The van der Waals surface area contributed by atoms with Crippen LogP contribution in [0.5, 0.6) is 0 Å². The first kappa shape index (κ1) is 15.6. The van der Waals surface area contributed by atoms with E-state index in [4.69, 9.17) is 17.3 Å². The van der Waals surface area contributed by atoms with Gasteiger partial charge in [-0.1, -0.05) is 35.5 Å². The zero-order chi connectivity index (χ0) is 15.4. The van der Waals surface area contributed by atoms with Gasteiger partial charge in [-0.15, -0.1) is 0 Å². The first-order chi connectivity index (χ1) is 9.97. The number of rotatable bonds is 4. The zero-order valence-corrected chi connectivity index (χ0v) is 12.2. The van der Waals surface area contributed by atoms with E-state index in [1.165, 1.54) is 24.3 Å². The number of nitrogens with two attached hydrogens (primary N) is 1. The normalized spacial score (nSPS) is 10.7. The molecule has 0 aromatic heterocycles. The van der Waals surface area contributed by atoms with Crippen LogP contribution in [-0.4, -0.2) is 11.7 Å². The first-order valence-electron chi connectivity index (χ1n) is 5.87. The van der Waals surface area contributed by atoms with Crippen molar-refractivity contribution in [2.75, 3.05) is 11.1 Å². The van der Waals surface area contributed by atoms with Crippen molar-refractivity contribution < 1.29 is 13.6 Å². The van der Waals surface area contributed by atoms with Crippen LogP contribution < -0.4 is 11.1 Å². The highest BCUT2D eigenvalue weighted by Crippen LogP contribution is 2.32. The van der Waals surface area contributed by atoms with E-state index in [1.54, 1.807) is 18.2 Å². The van der Waals surface area contributed by atoms with Crippen molar-refractivity contribution in [3.05, 3.63) is 53.1 Å². The van der Waals surface area contributed by atoms with Crippen LogP contribution in [0.15, 0.2) is 47.4 Å². The average molecular weight is 329 g/mol. The molecule has 110 valence electrons. The number of benzene rings is 2. The molecule has 0 saturated heterocycles. The van der Waals surface area contributed by atoms with Crippen LogP contribution in [0.4, 0.5) is 20.2 Å². The molecule has 0 unspecified atom stereocenters. The van der Waals surface area contributed by atoms with Gasteiger partial charge in [0.1, 0.15) is 0 Å². The zero-order valence-electron chi connectivity index (χ0n) is 10.6. The summed E-state index contributed by atoms with van der Waals surface area (Å²) in [4.78, 5) is 12.4. The number of carbonyl (C=O) groups excluding carboxylic acids is 1. The number of alkyl halides is 2. The summed E-state index contributed by atoms with van der Waals surface area (Å²) >= 11 is 6.23. The molecular formula is C14H11ClF2N2OS.